The molecule has 188 valence electrons. The average molecular weight is 525 g/mol. The first-order valence-electron chi connectivity index (χ1n) is 13.5. The van der Waals surface area contributed by atoms with Gasteiger partial charge in [-0.25, -0.2) is 9.98 Å². The molecule has 6 rings (SSSR count). The van der Waals surface area contributed by atoms with Gasteiger partial charge in [-0.1, -0.05) is 43.5 Å². The SMILES string of the molecule is Cc1cc(C=Nc2nc(-c3ccc(C4CCCCC4)cc3)cs2)c(C)n1-c1sc2c(c1C#N)CCCC2. The minimum Gasteiger partial charge on any atom is -0.308 e. The van der Waals surface area contributed by atoms with Gasteiger partial charge in [0.2, 0.25) is 5.13 Å². The van der Waals surface area contributed by atoms with Gasteiger partial charge in [0, 0.05) is 39.0 Å². The average Bonchev–Trinajstić information content (AvgIpc) is 3.63. The summed E-state index contributed by atoms with van der Waals surface area (Å²) in [5.41, 5.74) is 9.07. The van der Waals surface area contributed by atoms with E-state index >= 15 is 0 Å². The monoisotopic (exact) mass is 524 g/mol. The van der Waals surface area contributed by atoms with Gasteiger partial charge in [0.1, 0.15) is 11.1 Å². The lowest BCUT2D eigenvalue weighted by molar-refractivity contribution is 0.443. The third kappa shape index (κ3) is 4.71. The van der Waals surface area contributed by atoms with Crippen molar-refractivity contribution in [2.24, 2.45) is 4.99 Å². The number of thiophene rings is 1. The molecule has 1 saturated carbocycles. The summed E-state index contributed by atoms with van der Waals surface area (Å²) in [5, 5.41) is 13.9. The van der Waals surface area contributed by atoms with Crippen LogP contribution in [0.2, 0.25) is 0 Å². The molecule has 0 radical (unpaired) electrons. The summed E-state index contributed by atoms with van der Waals surface area (Å²) in [4.78, 5) is 10.9. The summed E-state index contributed by atoms with van der Waals surface area (Å²) in [5.74, 6) is 0.723. The van der Waals surface area contributed by atoms with E-state index < -0.39 is 0 Å². The van der Waals surface area contributed by atoms with Crippen LogP contribution in [-0.4, -0.2) is 15.8 Å². The van der Waals surface area contributed by atoms with Gasteiger partial charge < -0.3 is 4.57 Å². The zero-order valence-corrected chi connectivity index (χ0v) is 23.2. The van der Waals surface area contributed by atoms with E-state index in [0.29, 0.717) is 0 Å². The van der Waals surface area contributed by atoms with Crippen molar-refractivity contribution in [3.8, 4) is 22.3 Å². The smallest absolute Gasteiger partial charge is 0.209 e. The standard InChI is InChI=1S/C31H32N4S2/c1-20-16-25(21(2)35(20)30-27(17-32)26-10-6-7-11-29(26)37-30)18-33-31-34-28(19-36-31)24-14-12-23(13-15-24)22-8-4-3-5-9-22/h12-16,18-19,22H,3-11H2,1-2H3. The summed E-state index contributed by atoms with van der Waals surface area (Å²) in [6.45, 7) is 4.23. The van der Waals surface area contributed by atoms with Gasteiger partial charge in [-0.2, -0.15) is 5.26 Å². The lowest BCUT2D eigenvalue weighted by Crippen LogP contribution is -2.04. The minimum atomic E-state index is 0.723. The lowest BCUT2D eigenvalue weighted by Gasteiger charge is -2.22. The number of aryl methyl sites for hydroxylation is 2. The zero-order chi connectivity index (χ0) is 25.4. The Hall–Kier alpha value is -3.01. The Bertz CT molecular complexity index is 1490. The Morgan fingerprint density at radius 2 is 1.84 bits per heavy atom. The highest BCUT2D eigenvalue weighted by Gasteiger charge is 2.24. The van der Waals surface area contributed by atoms with E-state index in [0.717, 1.165) is 62.7 Å². The normalized spacial score (nSPS) is 16.2. The molecule has 0 bridgehead atoms. The van der Waals surface area contributed by atoms with Crippen LogP contribution < -0.4 is 0 Å². The van der Waals surface area contributed by atoms with E-state index in [1.54, 1.807) is 22.7 Å². The fourth-order valence-electron chi connectivity index (χ4n) is 6.00. The molecule has 3 aromatic heterocycles. The van der Waals surface area contributed by atoms with Crippen LogP contribution in [-0.2, 0) is 12.8 Å². The number of hydrogen-bond acceptors (Lipinski definition) is 5. The van der Waals surface area contributed by atoms with Crippen molar-refractivity contribution in [2.45, 2.75) is 77.6 Å². The Morgan fingerprint density at radius 3 is 2.62 bits per heavy atom. The summed E-state index contributed by atoms with van der Waals surface area (Å²) in [6, 6.07) is 13.7. The van der Waals surface area contributed by atoms with Crippen LogP contribution in [0.3, 0.4) is 0 Å². The molecule has 4 nitrogen and oxygen atoms in total. The third-order valence-electron chi connectivity index (χ3n) is 8.03. The second-order valence-electron chi connectivity index (χ2n) is 10.4. The van der Waals surface area contributed by atoms with Gasteiger partial charge in [0.25, 0.3) is 0 Å². The Labute approximate surface area is 227 Å². The number of rotatable bonds is 5. The zero-order valence-electron chi connectivity index (χ0n) is 21.6. The van der Waals surface area contributed by atoms with Crippen LogP contribution in [0.1, 0.15) is 89.4 Å². The molecule has 0 spiro atoms. The van der Waals surface area contributed by atoms with Crippen molar-refractivity contribution in [3.63, 3.8) is 0 Å². The van der Waals surface area contributed by atoms with Crippen molar-refractivity contribution in [2.75, 3.05) is 0 Å². The number of nitrogens with zero attached hydrogens (tertiary/aromatic N) is 4. The molecular formula is C31H32N4S2. The van der Waals surface area contributed by atoms with Crippen molar-refractivity contribution < 1.29 is 0 Å². The molecule has 2 aliphatic carbocycles. The molecule has 1 fully saturated rings. The van der Waals surface area contributed by atoms with Gasteiger partial charge >= 0.3 is 0 Å². The molecule has 4 aromatic rings. The van der Waals surface area contributed by atoms with E-state index in [-0.39, 0.29) is 0 Å². The fraction of sp³-hybridized carbons (Fsp3) is 0.387. The highest BCUT2D eigenvalue weighted by atomic mass is 32.1. The van der Waals surface area contributed by atoms with Gasteiger partial charge in [-0.15, -0.1) is 22.7 Å². The highest BCUT2D eigenvalue weighted by molar-refractivity contribution is 7.15. The summed E-state index contributed by atoms with van der Waals surface area (Å²) < 4.78 is 2.24. The van der Waals surface area contributed by atoms with Crippen LogP contribution in [0.5, 0.6) is 0 Å². The topological polar surface area (TPSA) is 54.0 Å². The molecular weight excluding hydrogens is 493 g/mol. The molecule has 0 unspecified atom stereocenters. The second-order valence-corrected chi connectivity index (χ2v) is 12.3. The Kier molecular flexibility index (Phi) is 6.84. The predicted octanol–water partition coefficient (Wildman–Crippen LogP) is 8.83. The largest absolute Gasteiger partial charge is 0.308 e. The molecule has 6 heteroatoms. The molecule has 0 amide bonds. The number of aromatic nitrogens is 2. The quantitative estimate of drug-likeness (QED) is 0.245. The van der Waals surface area contributed by atoms with Crippen LogP contribution in [0.4, 0.5) is 5.13 Å². The van der Waals surface area contributed by atoms with Crippen molar-refractivity contribution in [3.05, 3.63) is 74.2 Å². The number of aliphatic imine (C=N–C) groups is 1. The molecule has 0 saturated heterocycles. The van der Waals surface area contributed by atoms with E-state index in [1.165, 1.54) is 60.9 Å². The molecule has 0 atom stereocenters. The van der Waals surface area contributed by atoms with Crippen LogP contribution >= 0.6 is 22.7 Å². The van der Waals surface area contributed by atoms with Crippen molar-refractivity contribution in [1.82, 2.24) is 9.55 Å². The number of thiazole rings is 1. The van der Waals surface area contributed by atoms with E-state index in [1.807, 2.05) is 6.21 Å². The van der Waals surface area contributed by atoms with E-state index in [4.69, 9.17) is 9.98 Å². The lowest BCUT2D eigenvalue weighted by atomic mass is 9.84. The van der Waals surface area contributed by atoms with E-state index in [2.05, 4.69) is 60.2 Å². The number of hydrogen-bond donors (Lipinski definition) is 0. The number of nitriles is 1. The number of benzene rings is 1. The maximum atomic E-state index is 9.95. The minimum absolute atomic E-state index is 0.723. The fourth-order valence-corrected chi connectivity index (χ4v) is 8.12. The highest BCUT2D eigenvalue weighted by Crippen LogP contribution is 2.38. The van der Waals surface area contributed by atoms with Gasteiger partial charge in [0.05, 0.1) is 11.3 Å². The number of fused-ring (bicyclic) bond motifs is 1. The third-order valence-corrected chi connectivity index (χ3v) is 10.1. The Morgan fingerprint density at radius 1 is 1.05 bits per heavy atom. The van der Waals surface area contributed by atoms with E-state index in [9.17, 15) is 5.26 Å². The van der Waals surface area contributed by atoms with Gasteiger partial charge in [-0.3, -0.25) is 0 Å². The summed E-state index contributed by atoms with van der Waals surface area (Å²) in [6.07, 6.45) is 13.2. The predicted molar refractivity (Wildman–Crippen MR) is 155 cm³/mol. The maximum absolute atomic E-state index is 9.95. The molecule has 2 aliphatic rings. The van der Waals surface area contributed by atoms with Gasteiger partial charge in [-0.05, 0) is 75.5 Å². The van der Waals surface area contributed by atoms with Crippen LogP contribution in [0.25, 0.3) is 16.3 Å². The first-order valence-corrected chi connectivity index (χ1v) is 15.2. The maximum Gasteiger partial charge on any atom is 0.209 e. The molecule has 0 N–H and O–H groups in total. The molecule has 3 heterocycles. The molecule has 1 aromatic carbocycles. The molecule has 37 heavy (non-hydrogen) atoms. The van der Waals surface area contributed by atoms with Crippen LogP contribution in [0.15, 0.2) is 40.7 Å². The Balaban J connectivity index is 1.22. The van der Waals surface area contributed by atoms with Crippen molar-refractivity contribution in [1.29, 1.82) is 5.26 Å². The van der Waals surface area contributed by atoms with Crippen LogP contribution in [0, 0.1) is 25.2 Å². The van der Waals surface area contributed by atoms with Crippen molar-refractivity contribution >= 4 is 34.0 Å². The van der Waals surface area contributed by atoms with Gasteiger partial charge in [0.15, 0.2) is 0 Å². The second kappa shape index (κ2) is 10.4. The summed E-state index contributed by atoms with van der Waals surface area (Å²) >= 11 is 3.37. The first-order chi connectivity index (χ1) is 18.1. The summed E-state index contributed by atoms with van der Waals surface area (Å²) in [7, 11) is 0. The molecule has 0 aliphatic heterocycles. The first kappa shape index (κ1) is 24.3.